The minimum Gasteiger partial charge on any atom is -0.327 e. The molecule has 0 radical (unpaired) electrons. The van der Waals surface area contributed by atoms with E-state index in [4.69, 9.17) is 5.73 Å². The zero-order valence-electron chi connectivity index (χ0n) is 9.66. The normalized spacial score (nSPS) is 14.1. The number of nitrogens with zero attached hydrogens (tertiary/aromatic N) is 1. The summed E-state index contributed by atoms with van der Waals surface area (Å²) in [6.45, 7) is 4.01. The number of hydrogen-bond donors (Lipinski definition) is 1. The number of pyridine rings is 1. The van der Waals surface area contributed by atoms with E-state index in [0.29, 0.717) is 16.7 Å². The standard InChI is InChI=1S/C11H15F3N2S/c1-7(2)9(15)6-17-10-4-3-8(5-16-10)11(12,13)14/h3-5,7,9H,6,15H2,1-2H3. The molecule has 1 rings (SSSR count). The van der Waals surface area contributed by atoms with Crippen LogP contribution in [0.1, 0.15) is 19.4 Å². The van der Waals surface area contributed by atoms with E-state index >= 15 is 0 Å². The zero-order chi connectivity index (χ0) is 13.1. The lowest BCUT2D eigenvalue weighted by Crippen LogP contribution is -2.28. The highest BCUT2D eigenvalue weighted by Gasteiger charge is 2.30. The predicted molar refractivity (Wildman–Crippen MR) is 62.8 cm³/mol. The summed E-state index contributed by atoms with van der Waals surface area (Å²) in [5.74, 6) is 0.993. The molecule has 96 valence electrons. The van der Waals surface area contributed by atoms with Crippen LogP contribution in [-0.2, 0) is 6.18 Å². The molecule has 1 heterocycles. The molecule has 0 fully saturated rings. The number of hydrogen-bond acceptors (Lipinski definition) is 3. The number of alkyl halides is 3. The Morgan fingerprint density at radius 2 is 2.00 bits per heavy atom. The van der Waals surface area contributed by atoms with Crippen LogP contribution in [0.5, 0.6) is 0 Å². The van der Waals surface area contributed by atoms with Gasteiger partial charge in [0.05, 0.1) is 10.6 Å². The molecule has 1 unspecified atom stereocenters. The van der Waals surface area contributed by atoms with Gasteiger partial charge in [-0.2, -0.15) is 13.2 Å². The second-order valence-electron chi connectivity index (χ2n) is 4.10. The molecule has 0 saturated heterocycles. The lowest BCUT2D eigenvalue weighted by atomic mass is 10.1. The van der Waals surface area contributed by atoms with Crippen molar-refractivity contribution in [1.82, 2.24) is 4.98 Å². The molecular formula is C11H15F3N2S. The molecule has 0 aliphatic heterocycles. The predicted octanol–water partition coefficient (Wildman–Crippen LogP) is 3.18. The highest BCUT2D eigenvalue weighted by atomic mass is 32.2. The summed E-state index contributed by atoms with van der Waals surface area (Å²) in [5.41, 5.74) is 5.11. The molecule has 0 bridgehead atoms. The lowest BCUT2D eigenvalue weighted by Gasteiger charge is -2.14. The van der Waals surface area contributed by atoms with Gasteiger partial charge >= 0.3 is 6.18 Å². The van der Waals surface area contributed by atoms with Crippen LogP contribution in [0.15, 0.2) is 23.4 Å². The highest BCUT2D eigenvalue weighted by molar-refractivity contribution is 7.99. The maximum absolute atomic E-state index is 12.3. The number of rotatable bonds is 4. The van der Waals surface area contributed by atoms with Crippen LogP contribution in [0, 0.1) is 5.92 Å². The topological polar surface area (TPSA) is 38.9 Å². The Hall–Kier alpha value is -0.750. The second-order valence-corrected chi connectivity index (χ2v) is 5.14. The number of aromatic nitrogens is 1. The molecule has 0 aromatic carbocycles. The zero-order valence-corrected chi connectivity index (χ0v) is 10.5. The van der Waals surface area contributed by atoms with E-state index in [1.165, 1.54) is 17.8 Å². The van der Waals surface area contributed by atoms with Crippen LogP contribution in [-0.4, -0.2) is 16.8 Å². The Morgan fingerprint density at radius 3 is 2.41 bits per heavy atom. The van der Waals surface area contributed by atoms with Gasteiger partial charge in [0.2, 0.25) is 0 Å². The van der Waals surface area contributed by atoms with E-state index in [-0.39, 0.29) is 6.04 Å². The molecule has 1 aromatic rings. The maximum Gasteiger partial charge on any atom is 0.417 e. The van der Waals surface area contributed by atoms with Crippen molar-refractivity contribution in [2.24, 2.45) is 11.7 Å². The van der Waals surface area contributed by atoms with Gasteiger partial charge in [-0.1, -0.05) is 13.8 Å². The number of halogens is 3. The third-order valence-electron chi connectivity index (χ3n) is 2.34. The summed E-state index contributed by atoms with van der Waals surface area (Å²) in [6.07, 6.45) is -3.48. The first-order valence-corrected chi connectivity index (χ1v) is 6.21. The van der Waals surface area contributed by atoms with Gasteiger partial charge in [-0.3, -0.25) is 0 Å². The molecule has 0 aliphatic carbocycles. The van der Waals surface area contributed by atoms with Gasteiger partial charge in [-0.05, 0) is 18.1 Å². The second kappa shape index (κ2) is 5.73. The SMILES string of the molecule is CC(C)C(N)CSc1ccc(C(F)(F)F)cn1. The summed E-state index contributed by atoms with van der Waals surface area (Å²) in [7, 11) is 0. The van der Waals surface area contributed by atoms with Crippen molar-refractivity contribution in [2.45, 2.75) is 31.1 Å². The fourth-order valence-corrected chi connectivity index (χ4v) is 2.05. The third-order valence-corrected chi connectivity index (χ3v) is 3.43. The first-order chi connectivity index (χ1) is 7.80. The van der Waals surface area contributed by atoms with Gasteiger partial charge in [-0.15, -0.1) is 11.8 Å². The van der Waals surface area contributed by atoms with Crippen molar-refractivity contribution in [3.05, 3.63) is 23.9 Å². The Balaban J connectivity index is 2.57. The van der Waals surface area contributed by atoms with Crippen LogP contribution in [0.3, 0.4) is 0 Å². The average molecular weight is 264 g/mol. The Kier molecular flexibility index (Phi) is 4.82. The average Bonchev–Trinajstić information content (AvgIpc) is 2.25. The molecule has 2 nitrogen and oxygen atoms in total. The van der Waals surface area contributed by atoms with Crippen LogP contribution in [0.4, 0.5) is 13.2 Å². The fourth-order valence-electron chi connectivity index (χ4n) is 1.01. The van der Waals surface area contributed by atoms with Crippen LogP contribution in [0.2, 0.25) is 0 Å². The molecule has 0 aliphatic rings. The fraction of sp³-hybridized carbons (Fsp3) is 0.545. The van der Waals surface area contributed by atoms with Gasteiger partial charge in [0.15, 0.2) is 0 Å². The van der Waals surface area contributed by atoms with Crippen LogP contribution >= 0.6 is 11.8 Å². The van der Waals surface area contributed by atoms with Gasteiger partial charge in [0.25, 0.3) is 0 Å². The molecule has 6 heteroatoms. The van der Waals surface area contributed by atoms with Crippen molar-refractivity contribution >= 4 is 11.8 Å². The molecule has 1 aromatic heterocycles. The first kappa shape index (κ1) is 14.3. The molecule has 2 N–H and O–H groups in total. The molecular weight excluding hydrogens is 249 g/mol. The van der Waals surface area contributed by atoms with E-state index in [0.717, 1.165) is 12.3 Å². The Morgan fingerprint density at radius 1 is 1.35 bits per heavy atom. The van der Waals surface area contributed by atoms with E-state index in [1.807, 2.05) is 13.8 Å². The first-order valence-electron chi connectivity index (χ1n) is 5.22. The number of nitrogens with two attached hydrogens (primary N) is 1. The Bertz CT molecular complexity index is 349. The smallest absolute Gasteiger partial charge is 0.327 e. The van der Waals surface area contributed by atoms with Gasteiger partial charge in [0, 0.05) is 18.0 Å². The van der Waals surface area contributed by atoms with E-state index < -0.39 is 11.7 Å². The molecule has 17 heavy (non-hydrogen) atoms. The van der Waals surface area contributed by atoms with Gasteiger partial charge in [-0.25, -0.2) is 4.98 Å². The largest absolute Gasteiger partial charge is 0.417 e. The van der Waals surface area contributed by atoms with Crippen molar-refractivity contribution < 1.29 is 13.2 Å². The molecule has 0 amide bonds. The summed E-state index contributed by atoms with van der Waals surface area (Å²) in [6, 6.07) is 2.43. The van der Waals surface area contributed by atoms with Crippen LogP contribution in [0.25, 0.3) is 0 Å². The van der Waals surface area contributed by atoms with Crippen LogP contribution < -0.4 is 5.73 Å². The van der Waals surface area contributed by atoms with Gasteiger partial charge in [0.1, 0.15) is 0 Å². The maximum atomic E-state index is 12.3. The summed E-state index contributed by atoms with van der Waals surface area (Å²) in [5, 5.41) is 0.564. The monoisotopic (exact) mass is 264 g/mol. The Labute approximate surface area is 103 Å². The summed E-state index contributed by atoms with van der Waals surface area (Å²) < 4.78 is 36.8. The summed E-state index contributed by atoms with van der Waals surface area (Å²) in [4.78, 5) is 3.76. The minimum absolute atomic E-state index is 0.0177. The van der Waals surface area contributed by atoms with E-state index in [1.54, 1.807) is 0 Å². The highest BCUT2D eigenvalue weighted by Crippen LogP contribution is 2.29. The van der Waals surface area contributed by atoms with E-state index in [2.05, 4.69) is 4.98 Å². The van der Waals surface area contributed by atoms with Gasteiger partial charge < -0.3 is 5.73 Å². The lowest BCUT2D eigenvalue weighted by molar-refractivity contribution is -0.137. The van der Waals surface area contributed by atoms with Crippen molar-refractivity contribution in [2.75, 3.05) is 5.75 Å². The molecule has 0 spiro atoms. The minimum atomic E-state index is -4.33. The molecule has 1 atom stereocenters. The van der Waals surface area contributed by atoms with E-state index in [9.17, 15) is 13.2 Å². The third kappa shape index (κ3) is 4.55. The number of thioether (sulfide) groups is 1. The van der Waals surface area contributed by atoms with Crippen molar-refractivity contribution in [1.29, 1.82) is 0 Å². The summed E-state index contributed by atoms with van der Waals surface area (Å²) >= 11 is 1.37. The van der Waals surface area contributed by atoms with Crippen molar-refractivity contribution in [3.63, 3.8) is 0 Å². The molecule has 0 saturated carbocycles. The van der Waals surface area contributed by atoms with Crippen molar-refractivity contribution in [3.8, 4) is 0 Å². The quantitative estimate of drug-likeness (QED) is 0.849.